The monoisotopic (exact) mass is 385 g/mol. The second-order valence-corrected chi connectivity index (χ2v) is 7.70. The van der Waals surface area contributed by atoms with Crippen LogP contribution in [-0.4, -0.2) is 39.4 Å². The maximum atomic E-state index is 12.1. The van der Waals surface area contributed by atoms with Crippen LogP contribution in [0.15, 0.2) is 27.6 Å². The molecule has 20 heavy (non-hydrogen) atoms. The lowest BCUT2D eigenvalue weighted by molar-refractivity contribution is 0.0292. The second-order valence-electron chi connectivity index (χ2n) is 4.64. The van der Waals surface area contributed by atoms with E-state index in [2.05, 4.69) is 20.7 Å². The fourth-order valence-electron chi connectivity index (χ4n) is 1.43. The van der Waals surface area contributed by atoms with E-state index in [1.807, 2.05) is 0 Å². The molecule has 8 heteroatoms. The molecule has 0 amide bonds. The molecular formula is C12H17BrClNO4S. The smallest absolute Gasteiger partial charge is 0.242 e. The standard InChI is InChI=1S/C12H17BrClNO4S/c1-12(16,5-6-19-2)8-15-20(17,18)11-4-3-9(13)7-10(11)14/h3-4,7,15-16H,5-6,8H2,1-2H3. The van der Waals surface area contributed by atoms with Crippen molar-refractivity contribution in [1.29, 1.82) is 0 Å². The Morgan fingerprint density at radius 2 is 2.15 bits per heavy atom. The van der Waals surface area contributed by atoms with E-state index in [0.29, 0.717) is 17.5 Å². The Balaban J connectivity index is 2.80. The van der Waals surface area contributed by atoms with Gasteiger partial charge < -0.3 is 9.84 Å². The average molecular weight is 387 g/mol. The summed E-state index contributed by atoms with van der Waals surface area (Å²) in [4.78, 5) is -0.0232. The van der Waals surface area contributed by atoms with Crippen molar-refractivity contribution < 1.29 is 18.3 Å². The summed E-state index contributed by atoms with van der Waals surface area (Å²) in [6, 6.07) is 4.49. The summed E-state index contributed by atoms with van der Waals surface area (Å²) in [6.45, 7) is 1.76. The van der Waals surface area contributed by atoms with Crippen molar-refractivity contribution in [2.24, 2.45) is 0 Å². The molecule has 1 unspecified atom stereocenters. The third-order valence-electron chi connectivity index (χ3n) is 2.67. The molecule has 0 aromatic heterocycles. The van der Waals surface area contributed by atoms with Crippen LogP contribution >= 0.6 is 27.5 Å². The van der Waals surface area contributed by atoms with Crippen molar-refractivity contribution in [2.75, 3.05) is 20.3 Å². The highest BCUT2D eigenvalue weighted by atomic mass is 79.9. The molecule has 2 N–H and O–H groups in total. The van der Waals surface area contributed by atoms with Crippen molar-refractivity contribution in [3.63, 3.8) is 0 Å². The van der Waals surface area contributed by atoms with Crippen molar-refractivity contribution in [3.8, 4) is 0 Å². The van der Waals surface area contributed by atoms with Gasteiger partial charge in [0, 0.05) is 31.2 Å². The van der Waals surface area contributed by atoms with E-state index in [1.54, 1.807) is 6.07 Å². The molecule has 114 valence electrons. The number of aliphatic hydroxyl groups is 1. The molecule has 0 heterocycles. The molecule has 1 aromatic rings. The Kier molecular flexibility index (Phi) is 6.43. The molecule has 1 atom stereocenters. The van der Waals surface area contributed by atoms with Crippen molar-refractivity contribution >= 4 is 37.6 Å². The summed E-state index contributed by atoms with van der Waals surface area (Å²) in [5, 5.41) is 10.1. The number of hydrogen-bond donors (Lipinski definition) is 2. The zero-order valence-electron chi connectivity index (χ0n) is 11.2. The predicted octanol–water partition coefficient (Wildman–Crippen LogP) is 2.17. The number of halogens is 2. The normalized spacial score (nSPS) is 15.1. The highest BCUT2D eigenvalue weighted by molar-refractivity contribution is 9.10. The van der Waals surface area contributed by atoms with Gasteiger partial charge in [-0.2, -0.15) is 0 Å². The Labute approximate surface area is 132 Å². The zero-order chi connectivity index (χ0) is 15.4. The van der Waals surface area contributed by atoms with E-state index in [0.717, 1.165) is 0 Å². The first kappa shape index (κ1) is 17.9. The van der Waals surface area contributed by atoms with Crippen LogP contribution in [0.2, 0.25) is 5.02 Å². The molecule has 0 radical (unpaired) electrons. The van der Waals surface area contributed by atoms with Gasteiger partial charge >= 0.3 is 0 Å². The molecule has 1 rings (SSSR count). The van der Waals surface area contributed by atoms with Gasteiger partial charge in [-0.25, -0.2) is 13.1 Å². The Hall–Kier alpha value is -0.180. The molecular weight excluding hydrogens is 370 g/mol. The van der Waals surface area contributed by atoms with E-state index < -0.39 is 15.6 Å². The van der Waals surface area contributed by atoms with Crippen molar-refractivity contribution in [3.05, 3.63) is 27.7 Å². The van der Waals surface area contributed by atoms with E-state index in [1.165, 1.54) is 26.2 Å². The van der Waals surface area contributed by atoms with Crippen molar-refractivity contribution in [1.82, 2.24) is 4.72 Å². The summed E-state index contributed by atoms with van der Waals surface area (Å²) >= 11 is 9.12. The zero-order valence-corrected chi connectivity index (χ0v) is 14.3. The number of ether oxygens (including phenoxy) is 1. The van der Waals surface area contributed by atoms with E-state index in [9.17, 15) is 13.5 Å². The largest absolute Gasteiger partial charge is 0.389 e. The highest BCUT2D eigenvalue weighted by Gasteiger charge is 2.25. The molecule has 0 bridgehead atoms. The minimum absolute atomic E-state index is 0.0232. The van der Waals surface area contributed by atoms with Crippen LogP contribution in [-0.2, 0) is 14.8 Å². The number of rotatable bonds is 7. The van der Waals surface area contributed by atoms with Gasteiger partial charge in [0.15, 0.2) is 0 Å². The van der Waals surface area contributed by atoms with Gasteiger partial charge in [-0.3, -0.25) is 0 Å². The predicted molar refractivity (Wildman–Crippen MR) is 81.5 cm³/mol. The van der Waals surface area contributed by atoms with Gasteiger partial charge in [0.1, 0.15) is 4.90 Å². The van der Waals surface area contributed by atoms with Crippen LogP contribution in [0.25, 0.3) is 0 Å². The van der Waals surface area contributed by atoms with Crippen LogP contribution in [0.5, 0.6) is 0 Å². The Morgan fingerprint density at radius 3 is 2.70 bits per heavy atom. The maximum Gasteiger partial charge on any atom is 0.242 e. The molecule has 0 saturated heterocycles. The Bertz CT molecular complexity index is 563. The van der Waals surface area contributed by atoms with E-state index in [4.69, 9.17) is 16.3 Å². The minimum Gasteiger partial charge on any atom is -0.389 e. The first-order chi connectivity index (χ1) is 9.18. The highest BCUT2D eigenvalue weighted by Crippen LogP contribution is 2.25. The summed E-state index contributed by atoms with van der Waals surface area (Å²) in [7, 11) is -2.25. The average Bonchev–Trinajstić information content (AvgIpc) is 2.34. The number of hydrogen-bond acceptors (Lipinski definition) is 4. The molecule has 0 aliphatic carbocycles. The molecule has 1 aromatic carbocycles. The van der Waals surface area contributed by atoms with Crippen LogP contribution in [0.3, 0.4) is 0 Å². The second kappa shape index (κ2) is 7.20. The molecule has 0 spiro atoms. The van der Waals surface area contributed by atoms with Gasteiger partial charge in [0.2, 0.25) is 10.0 Å². The topological polar surface area (TPSA) is 75.6 Å². The number of benzene rings is 1. The number of nitrogens with one attached hydrogen (secondary N) is 1. The molecule has 0 aliphatic heterocycles. The summed E-state index contributed by atoms with van der Waals surface area (Å²) in [5.41, 5.74) is -1.19. The Morgan fingerprint density at radius 1 is 1.50 bits per heavy atom. The molecule has 0 fully saturated rings. The lowest BCUT2D eigenvalue weighted by Crippen LogP contribution is -2.41. The number of methoxy groups -OCH3 is 1. The third kappa shape index (κ3) is 5.31. The summed E-state index contributed by atoms with van der Waals surface area (Å²) in [6.07, 6.45) is 0.320. The lowest BCUT2D eigenvalue weighted by Gasteiger charge is -2.23. The lowest BCUT2D eigenvalue weighted by atomic mass is 10.0. The minimum atomic E-state index is -3.77. The van der Waals surface area contributed by atoms with E-state index >= 15 is 0 Å². The first-order valence-electron chi connectivity index (χ1n) is 5.84. The van der Waals surface area contributed by atoms with Gasteiger partial charge in [0.05, 0.1) is 10.6 Å². The fraction of sp³-hybridized carbons (Fsp3) is 0.500. The fourth-order valence-corrected chi connectivity index (χ4v) is 3.63. The van der Waals surface area contributed by atoms with Gasteiger partial charge in [0.25, 0.3) is 0 Å². The van der Waals surface area contributed by atoms with Gasteiger partial charge in [-0.05, 0) is 25.1 Å². The molecule has 5 nitrogen and oxygen atoms in total. The van der Waals surface area contributed by atoms with Crippen LogP contribution in [0, 0.1) is 0 Å². The summed E-state index contributed by atoms with van der Waals surface area (Å²) < 4.78 is 32.2. The first-order valence-corrected chi connectivity index (χ1v) is 8.49. The van der Waals surface area contributed by atoms with E-state index in [-0.39, 0.29) is 16.5 Å². The van der Waals surface area contributed by atoms with Crippen LogP contribution < -0.4 is 4.72 Å². The van der Waals surface area contributed by atoms with Gasteiger partial charge in [-0.1, -0.05) is 27.5 Å². The molecule has 0 aliphatic rings. The van der Waals surface area contributed by atoms with Gasteiger partial charge in [-0.15, -0.1) is 0 Å². The molecule has 0 saturated carbocycles. The van der Waals surface area contributed by atoms with Crippen LogP contribution in [0.4, 0.5) is 0 Å². The van der Waals surface area contributed by atoms with Crippen LogP contribution in [0.1, 0.15) is 13.3 Å². The maximum absolute atomic E-state index is 12.1. The number of sulfonamides is 1. The van der Waals surface area contributed by atoms with Crippen molar-refractivity contribution in [2.45, 2.75) is 23.8 Å². The third-order valence-corrected chi connectivity index (χ3v) is 5.05. The summed E-state index contributed by atoms with van der Waals surface area (Å²) in [5.74, 6) is 0. The quantitative estimate of drug-likeness (QED) is 0.753. The SMILES string of the molecule is COCCC(C)(O)CNS(=O)(=O)c1ccc(Br)cc1Cl.